The van der Waals surface area contributed by atoms with Gasteiger partial charge in [0.25, 0.3) is 0 Å². The van der Waals surface area contributed by atoms with Gasteiger partial charge in [-0.2, -0.15) is 0 Å². The summed E-state index contributed by atoms with van der Waals surface area (Å²) in [5.74, 6) is 0.281. The van der Waals surface area contributed by atoms with Gasteiger partial charge in [0, 0.05) is 24.5 Å². The summed E-state index contributed by atoms with van der Waals surface area (Å²) in [5, 5.41) is 0. The largest absolute Gasteiger partial charge is 0.307 e. The Balaban J connectivity index is 0.000000482. The molecule has 2 aromatic carbocycles. The molecule has 3 nitrogen and oxygen atoms in total. The van der Waals surface area contributed by atoms with Gasteiger partial charge >= 0.3 is 0 Å². The first-order chi connectivity index (χ1) is 15.1. The highest BCUT2D eigenvalue weighted by Gasteiger charge is 2.41. The summed E-state index contributed by atoms with van der Waals surface area (Å²) in [4.78, 5) is 17.8. The Morgan fingerprint density at radius 1 is 0.781 bits per heavy atom. The molecule has 32 heavy (non-hydrogen) atoms. The first-order valence-corrected chi connectivity index (χ1v) is 12.2. The van der Waals surface area contributed by atoms with Crippen molar-refractivity contribution in [1.82, 2.24) is 9.80 Å². The molecular formula is C29H46N2O. The third-order valence-corrected chi connectivity index (χ3v) is 6.51. The van der Waals surface area contributed by atoms with Gasteiger partial charge in [-0.05, 0) is 72.8 Å². The lowest BCUT2D eigenvalue weighted by atomic mass is 9.67. The van der Waals surface area contributed by atoms with Crippen molar-refractivity contribution in [3.8, 4) is 0 Å². The van der Waals surface area contributed by atoms with Crippen LogP contribution in [-0.2, 0) is 10.2 Å². The molecule has 0 saturated carbocycles. The SMILES string of the molecule is CCC(=O)C(CC(C)N(C)C)(c1ccccc1)c1ccccc1.CCN(C(C)C)C(C)C. The van der Waals surface area contributed by atoms with Crippen molar-refractivity contribution >= 4 is 5.78 Å². The predicted molar refractivity (Wildman–Crippen MR) is 139 cm³/mol. The van der Waals surface area contributed by atoms with Gasteiger partial charge in [0.05, 0.1) is 5.41 Å². The van der Waals surface area contributed by atoms with Gasteiger partial charge in [0.15, 0.2) is 0 Å². The smallest absolute Gasteiger partial charge is 0.147 e. The molecule has 0 aliphatic heterocycles. The van der Waals surface area contributed by atoms with Crippen LogP contribution in [0, 0.1) is 0 Å². The van der Waals surface area contributed by atoms with Gasteiger partial charge in [0.2, 0.25) is 0 Å². The van der Waals surface area contributed by atoms with E-state index in [0.29, 0.717) is 24.5 Å². The molecule has 3 heteroatoms. The van der Waals surface area contributed by atoms with Crippen molar-refractivity contribution in [2.24, 2.45) is 0 Å². The highest BCUT2D eigenvalue weighted by molar-refractivity contribution is 5.93. The average Bonchev–Trinajstić information content (AvgIpc) is 2.78. The molecular weight excluding hydrogens is 392 g/mol. The quantitative estimate of drug-likeness (QED) is 0.428. The van der Waals surface area contributed by atoms with Crippen molar-refractivity contribution in [2.75, 3.05) is 20.6 Å². The van der Waals surface area contributed by atoms with E-state index in [1.165, 1.54) is 0 Å². The topological polar surface area (TPSA) is 23.6 Å². The van der Waals surface area contributed by atoms with Crippen molar-refractivity contribution < 1.29 is 4.79 Å². The van der Waals surface area contributed by atoms with Gasteiger partial charge in [-0.3, -0.25) is 9.69 Å². The van der Waals surface area contributed by atoms with Crippen LogP contribution in [0.2, 0.25) is 0 Å². The van der Waals surface area contributed by atoms with Crippen LogP contribution in [0.5, 0.6) is 0 Å². The Bertz CT molecular complexity index is 721. The molecule has 0 aliphatic carbocycles. The molecule has 1 unspecified atom stereocenters. The fourth-order valence-electron chi connectivity index (χ4n) is 4.54. The molecule has 0 amide bonds. The number of nitrogens with zero attached hydrogens (tertiary/aromatic N) is 2. The fraction of sp³-hybridized carbons (Fsp3) is 0.552. The van der Waals surface area contributed by atoms with Gasteiger partial charge in [0.1, 0.15) is 5.78 Å². The van der Waals surface area contributed by atoms with E-state index in [1.807, 2.05) is 43.3 Å². The maximum Gasteiger partial charge on any atom is 0.147 e. The third-order valence-electron chi connectivity index (χ3n) is 6.51. The molecule has 0 radical (unpaired) electrons. The number of Topliss-reactive ketones (excluding diaryl/α,β-unsaturated/α-hetero) is 1. The molecule has 2 aromatic rings. The molecule has 0 N–H and O–H groups in total. The fourth-order valence-corrected chi connectivity index (χ4v) is 4.54. The zero-order valence-electron chi connectivity index (χ0n) is 21.9. The molecule has 0 aliphatic rings. The molecule has 0 bridgehead atoms. The predicted octanol–water partition coefficient (Wildman–Crippen LogP) is 6.42. The average molecular weight is 439 g/mol. The highest BCUT2D eigenvalue weighted by atomic mass is 16.1. The van der Waals surface area contributed by atoms with Crippen LogP contribution in [-0.4, -0.2) is 54.3 Å². The molecule has 0 saturated heterocycles. The second-order valence-corrected chi connectivity index (χ2v) is 9.45. The van der Waals surface area contributed by atoms with Gasteiger partial charge in [-0.15, -0.1) is 0 Å². The number of carbonyl (C=O) groups is 1. The molecule has 1 atom stereocenters. The molecule has 0 fully saturated rings. The standard InChI is InChI=1S/C21H27NO.C8H19N/c1-5-20(23)21(16-17(2)22(3)4,18-12-8-6-9-13-18)19-14-10-7-11-15-19;1-6-9(7(2)3)8(4)5/h6-15,17H,5,16H2,1-4H3;7-8H,6H2,1-5H3. The van der Waals surface area contributed by atoms with Gasteiger partial charge in [-0.1, -0.05) is 74.5 Å². The number of hydrogen-bond donors (Lipinski definition) is 0. The number of rotatable bonds is 10. The second-order valence-electron chi connectivity index (χ2n) is 9.45. The monoisotopic (exact) mass is 438 g/mol. The van der Waals surface area contributed by atoms with E-state index in [9.17, 15) is 4.79 Å². The van der Waals surface area contributed by atoms with Crippen molar-refractivity contribution in [2.45, 2.75) is 84.8 Å². The number of ketones is 1. The lowest BCUT2D eigenvalue weighted by Crippen LogP contribution is -2.42. The third kappa shape index (κ3) is 7.28. The summed E-state index contributed by atoms with van der Waals surface area (Å²) >= 11 is 0. The minimum Gasteiger partial charge on any atom is -0.307 e. The summed E-state index contributed by atoms with van der Waals surface area (Å²) in [6.45, 7) is 16.5. The van der Waals surface area contributed by atoms with E-state index in [0.717, 1.165) is 24.1 Å². The molecule has 0 aromatic heterocycles. The molecule has 178 valence electrons. The van der Waals surface area contributed by atoms with Crippen LogP contribution < -0.4 is 0 Å². The van der Waals surface area contributed by atoms with E-state index < -0.39 is 5.41 Å². The van der Waals surface area contributed by atoms with E-state index in [2.05, 4.69) is 89.7 Å². The summed E-state index contributed by atoms with van der Waals surface area (Å²) in [5.41, 5.74) is 1.60. The van der Waals surface area contributed by atoms with Crippen LogP contribution in [0.3, 0.4) is 0 Å². The first kappa shape index (κ1) is 28.1. The summed E-state index contributed by atoms with van der Waals surface area (Å²) in [7, 11) is 4.14. The Kier molecular flexibility index (Phi) is 11.9. The second kappa shape index (κ2) is 13.5. The molecule has 2 rings (SSSR count). The van der Waals surface area contributed by atoms with Gasteiger partial charge < -0.3 is 4.90 Å². The zero-order chi connectivity index (χ0) is 24.3. The van der Waals surface area contributed by atoms with E-state index >= 15 is 0 Å². The summed E-state index contributed by atoms with van der Waals surface area (Å²) in [6.07, 6.45) is 1.31. The first-order valence-electron chi connectivity index (χ1n) is 12.2. The maximum atomic E-state index is 13.2. The normalized spacial score (nSPS) is 12.8. The van der Waals surface area contributed by atoms with Crippen LogP contribution in [0.15, 0.2) is 60.7 Å². The van der Waals surface area contributed by atoms with Crippen LogP contribution in [0.25, 0.3) is 0 Å². The summed E-state index contributed by atoms with van der Waals surface area (Å²) in [6, 6.07) is 22.1. The Labute approximate surface area is 197 Å². The lowest BCUT2D eigenvalue weighted by Gasteiger charge is -2.37. The van der Waals surface area contributed by atoms with Crippen molar-refractivity contribution in [1.29, 1.82) is 0 Å². The highest BCUT2D eigenvalue weighted by Crippen LogP contribution is 2.39. The van der Waals surface area contributed by atoms with Crippen molar-refractivity contribution in [3.63, 3.8) is 0 Å². The zero-order valence-corrected chi connectivity index (χ0v) is 21.9. The number of hydrogen-bond acceptors (Lipinski definition) is 3. The van der Waals surface area contributed by atoms with E-state index in [-0.39, 0.29) is 5.78 Å². The maximum absolute atomic E-state index is 13.2. The van der Waals surface area contributed by atoms with Crippen molar-refractivity contribution in [3.05, 3.63) is 71.8 Å². The van der Waals surface area contributed by atoms with Crippen LogP contribution >= 0.6 is 0 Å². The Hall–Kier alpha value is -1.97. The van der Waals surface area contributed by atoms with Crippen LogP contribution in [0.1, 0.15) is 72.4 Å². The van der Waals surface area contributed by atoms with Gasteiger partial charge in [-0.25, -0.2) is 0 Å². The number of carbonyl (C=O) groups excluding carboxylic acids is 1. The Morgan fingerprint density at radius 3 is 1.44 bits per heavy atom. The van der Waals surface area contributed by atoms with E-state index in [1.54, 1.807) is 0 Å². The minimum atomic E-state index is -0.582. The molecule has 0 heterocycles. The molecule has 0 spiro atoms. The van der Waals surface area contributed by atoms with Crippen LogP contribution in [0.4, 0.5) is 0 Å². The minimum absolute atomic E-state index is 0.281. The lowest BCUT2D eigenvalue weighted by molar-refractivity contribution is -0.123. The Morgan fingerprint density at radius 2 is 1.19 bits per heavy atom. The number of benzene rings is 2. The van der Waals surface area contributed by atoms with E-state index in [4.69, 9.17) is 0 Å². The summed E-state index contributed by atoms with van der Waals surface area (Å²) < 4.78 is 0.